The molecule has 0 aliphatic carbocycles. The van der Waals surface area contributed by atoms with Crippen LogP contribution in [0.4, 0.5) is 5.69 Å². The van der Waals surface area contributed by atoms with E-state index in [4.69, 9.17) is 10.2 Å². The zero-order chi connectivity index (χ0) is 21.5. The molecule has 0 bridgehead atoms. The second kappa shape index (κ2) is 20.6. The Hall–Kier alpha value is -0.0400. The number of benzene rings is 1. The van der Waals surface area contributed by atoms with Gasteiger partial charge in [0.2, 0.25) is 0 Å². The zero-order valence-corrected chi connectivity index (χ0v) is 24.2. The van der Waals surface area contributed by atoms with Crippen molar-refractivity contribution < 1.29 is 19.8 Å². The van der Waals surface area contributed by atoms with Crippen LogP contribution in [0, 0.1) is 5.92 Å². The van der Waals surface area contributed by atoms with Gasteiger partial charge < -0.3 is 15.5 Å². The number of carboxylic acids is 2. The molecule has 7 heteroatoms. The van der Waals surface area contributed by atoms with Crippen LogP contribution in [0.2, 0.25) is 0 Å². The Balaban J connectivity index is 0. The monoisotopic (exact) mass is 451 g/mol. The molecule has 166 valence electrons. The summed E-state index contributed by atoms with van der Waals surface area (Å²) in [5, 5.41) is 21.4. The predicted octanol–water partition coefficient (Wildman–Crippen LogP) is 6.07. The first-order chi connectivity index (χ1) is 13.9. The van der Waals surface area contributed by atoms with Gasteiger partial charge in [0.1, 0.15) is 0 Å². The third-order valence-electron chi connectivity index (χ3n) is 5.27. The minimum absolute atomic E-state index is 0. The summed E-state index contributed by atoms with van der Waals surface area (Å²) in [6.45, 7) is 5.36. The van der Waals surface area contributed by atoms with Crippen LogP contribution in [0.5, 0.6) is 0 Å². The minimum atomic E-state index is -1.22. The smallest absolute Gasteiger partial charge is 0.336 e. The molecule has 0 aromatic heterocycles. The van der Waals surface area contributed by atoms with Crippen molar-refractivity contribution in [3.63, 3.8) is 0 Å². The molecule has 0 saturated heterocycles. The fraction of sp³-hybridized carbons (Fsp3) is 0.667. The molecular weight excluding hydrogens is 412 g/mol. The summed E-state index contributed by atoms with van der Waals surface area (Å²) < 4.78 is 0. The molecule has 0 aliphatic rings. The maximum absolute atomic E-state index is 11.2. The number of carboxylic acid groups (broad SMARTS) is 2. The Morgan fingerprint density at radius 3 is 1.65 bits per heavy atom. The van der Waals surface area contributed by atoms with E-state index >= 15 is 0 Å². The Morgan fingerprint density at radius 2 is 1.19 bits per heavy atom. The Labute approximate surface area is 232 Å². The summed E-state index contributed by atoms with van der Waals surface area (Å²) in [6, 6.07) is 4.37. The number of carbonyl (C=O) groups is 2. The van der Waals surface area contributed by atoms with E-state index in [-0.39, 0.29) is 70.2 Å². The van der Waals surface area contributed by atoms with Crippen LogP contribution in [0.15, 0.2) is 18.2 Å². The molecule has 0 heterocycles. The third kappa shape index (κ3) is 16.3. The molecular formula is C24H39NNa2O4. The molecule has 5 nitrogen and oxygen atoms in total. The first kappa shape index (κ1) is 33.1. The third-order valence-corrected chi connectivity index (χ3v) is 5.27. The van der Waals surface area contributed by atoms with Gasteiger partial charge in [-0.25, -0.2) is 9.59 Å². The first-order valence-corrected chi connectivity index (χ1v) is 11.3. The van der Waals surface area contributed by atoms with Gasteiger partial charge in [0, 0.05) is 71.3 Å². The van der Waals surface area contributed by atoms with Crippen molar-refractivity contribution >= 4 is 76.7 Å². The number of hydrogen-bond acceptors (Lipinski definition) is 3. The van der Waals surface area contributed by atoms with Gasteiger partial charge in [-0.05, 0) is 30.5 Å². The fourth-order valence-electron chi connectivity index (χ4n) is 3.52. The van der Waals surface area contributed by atoms with Crippen molar-refractivity contribution in [3.05, 3.63) is 29.3 Å². The maximum atomic E-state index is 11.2. The Morgan fingerprint density at radius 1 is 0.742 bits per heavy atom. The SMILES string of the molecule is CC(C)CCCCCCCCCCCCCNc1ccc(C(=O)O)c(C(=O)O)c1.[Na].[Na]. The fourth-order valence-corrected chi connectivity index (χ4v) is 3.52. The molecule has 0 fully saturated rings. The summed E-state index contributed by atoms with van der Waals surface area (Å²) in [7, 11) is 0. The van der Waals surface area contributed by atoms with Gasteiger partial charge in [-0.3, -0.25) is 0 Å². The van der Waals surface area contributed by atoms with E-state index in [1.54, 1.807) is 6.07 Å². The summed E-state index contributed by atoms with van der Waals surface area (Å²) in [5.41, 5.74) is 0.293. The van der Waals surface area contributed by atoms with Crippen LogP contribution in [0.1, 0.15) is 112 Å². The van der Waals surface area contributed by atoms with Crippen molar-refractivity contribution in [2.24, 2.45) is 5.92 Å². The van der Waals surface area contributed by atoms with Gasteiger partial charge in [0.15, 0.2) is 0 Å². The van der Waals surface area contributed by atoms with E-state index in [9.17, 15) is 9.59 Å². The normalized spacial score (nSPS) is 10.3. The number of unbranched alkanes of at least 4 members (excludes halogenated alkanes) is 10. The van der Waals surface area contributed by atoms with Gasteiger partial charge in [0.25, 0.3) is 0 Å². The summed E-state index contributed by atoms with van der Waals surface area (Å²) in [4.78, 5) is 22.3. The average Bonchev–Trinajstić information content (AvgIpc) is 2.67. The van der Waals surface area contributed by atoms with E-state index < -0.39 is 11.9 Å². The number of rotatable bonds is 17. The maximum Gasteiger partial charge on any atom is 0.336 e. The van der Waals surface area contributed by atoms with Crippen LogP contribution in [-0.2, 0) is 0 Å². The minimum Gasteiger partial charge on any atom is -0.478 e. The van der Waals surface area contributed by atoms with E-state index in [2.05, 4.69) is 19.2 Å². The van der Waals surface area contributed by atoms with Crippen molar-refractivity contribution in [3.8, 4) is 0 Å². The van der Waals surface area contributed by atoms with Crippen molar-refractivity contribution in [2.45, 2.75) is 90.9 Å². The topological polar surface area (TPSA) is 86.6 Å². The van der Waals surface area contributed by atoms with Crippen LogP contribution >= 0.6 is 0 Å². The molecule has 0 aliphatic heterocycles. The molecule has 0 atom stereocenters. The Bertz CT molecular complexity index is 624. The zero-order valence-electron chi connectivity index (χ0n) is 20.2. The largest absolute Gasteiger partial charge is 0.478 e. The van der Waals surface area contributed by atoms with Crippen LogP contribution in [-0.4, -0.2) is 87.8 Å². The quantitative estimate of drug-likeness (QED) is 0.198. The number of hydrogen-bond donors (Lipinski definition) is 3. The summed E-state index contributed by atoms with van der Waals surface area (Å²) in [5.74, 6) is -1.61. The van der Waals surface area contributed by atoms with Crippen molar-refractivity contribution in [2.75, 3.05) is 11.9 Å². The van der Waals surface area contributed by atoms with Gasteiger partial charge in [0.05, 0.1) is 11.1 Å². The molecule has 0 unspecified atom stereocenters. The van der Waals surface area contributed by atoms with E-state index in [0.717, 1.165) is 25.3 Å². The molecule has 3 N–H and O–H groups in total. The molecule has 31 heavy (non-hydrogen) atoms. The standard InChI is InChI=1S/C24H39NO4.2Na/c1-19(2)14-12-10-8-6-4-3-5-7-9-11-13-17-25-20-15-16-21(23(26)27)22(18-20)24(28)29;;/h15-16,18-19,25H,3-14,17H2,1-2H3,(H,26,27)(H,28,29);;. The number of anilines is 1. The van der Waals surface area contributed by atoms with Crippen molar-refractivity contribution in [1.82, 2.24) is 0 Å². The summed E-state index contributed by atoms with van der Waals surface area (Å²) in [6.07, 6.45) is 15.6. The first-order valence-electron chi connectivity index (χ1n) is 11.3. The van der Waals surface area contributed by atoms with Gasteiger partial charge in [-0.15, -0.1) is 0 Å². The molecule has 2 radical (unpaired) electrons. The van der Waals surface area contributed by atoms with Gasteiger partial charge in [-0.2, -0.15) is 0 Å². The van der Waals surface area contributed by atoms with E-state index in [1.165, 1.54) is 76.3 Å². The van der Waals surface area contributed by atoms with Crippen LogP contribution < -0.4 is 5.32 Å². The van der Waals surface area contributed by atoms with Crippen LogP contribution in [0.3, 0.4) is 0 Å². The summed E-state index contributed by atoms with van der Waals surface area (Å²) >= 11 is 0. The second-order valence-electron chi connectivity index (χ2n) is 8.37. The Kier molecular flexibility index (Phi) is 22.0. The molecule has 0 amide bonds. The molecule has 1 aromatic rings. The second-order valence-corrected chi connectivity index (χ2v) is 8.37. The van der Waals surface area contributed by atoms with Crippen LogP contribution in [0.25, 0.3) is 0 Å². The molecule has 0 spiro atoms. The molecule has 0 saturated carbocycles. The molecule has 1 aromatic carbocycles. The van der Waals surface area contributed by atoms with Crippen molar-refractivity contribution in [1.29, 1.82) is 0 Å². The van der Waals surface area contributed by atoms with E-state index in [0.29, 0.717) is 5.69 Å². The number of nitrogens with one attached hydrogen (secondary N) is 1. The van der Waals surface area contributed by atoms with E-state index in [1.807, 2.05) is 0 Å². The molecule has 1 rings (SSSR count). The van der Waals surface area contributed by atoms with Gasteiger partial charge >= 0.3 is 11.9 Å². The van der Waals surface area contributed by atoms with Gasteiger partial charge in [-0.1, -0.05) is 84.5 Å². The number of aromatic carboxylic acids is 2. The average molecular weight is 452 g/mol. The predicted molar refractivity (Wildman–Crippen MR) is 131 cm³/mol.